The first-order valence-corrected chi connectivity index (χ1v) is 9.39. The van der Waals surface area contributed by atoms with Crippen LogP contribution in [0.1, 0.15) is 57.2 Å². The molecule has 3 rings (SSSR count). The molecule has 1 spiro atoms. The highest BCUT2D eigenvalue weighted by Gasteiger charge is 2.37. The first-order valence-electron chi connectivity index (χ1n) is 8.57. The lowest BCUT2D eigenvalue weighted by atomic mass is 9.77. The predicted molar refractivity (Wildman–Crippen MR) is 91.0 cm³/mol. The van der Waals surface area contributed by atoms with Crippen molar-refractivity contribution in [2.24, 2.45) is 11.3 Å². The van der Waals surface area contributed by atoms with E-state index in [1.54, 1.807) is 0 Å². The van der Waals surface area contributed by atoms with Crippen molar-refractivity contribution in [3.63, 3.8) is 0 Å². The average molecular weight is 308 g/mol. The van der Waals surface area contributed by atoms with Gasteiger partial charge in [0.15, 0.2) is 5.13 Å². The molecular formula is C17H29N3S. The van der Waals surface area contributed by atoms with E-state index < -0.39 is 0 Å². The van der Waals surface area contributed by atoms with Crippen LogP contribution in [-0.2, 0) is 6.54 Å². The average Bonchev–Trinajstić information content (AvgIpc) is 3.10. The van der Waals surface area contributed by atoms with Gasteiger partial charge in [0, 0.05) is 30.7 Å². The third-order valence-electron chi connectivity index (χ3n) is 5.15. The van der Waals surface area contributed by atoms with Gasteiger partial charge in [0.2, 0.25) is 0 Å². The Balaban J connectivity index is 1.50. The quantitative estimate of drug-likeness (QED) is 0.889. The molecule has 2 heterocycles. The largest absolute Gasteiger partial charge is 0.348 e. The standard InChI is InChI=1S/C17H29N3S/c1-14(2)11-18-12-15-13-19-16(21-15)20-9-7-17(8-10-20)5-3-4-6-17/h13-14,18H,3-12H2,1-2H3. The summed E-state index contributed by atoms with van der Waals surface area (Å²) in [5.74, 6) is 0.710. The lowest BCUT2D eigenvalue weighted by Gasteiger charge is -2.39. The molecule has 118 valence electrons. The zero-order chi connectivity index (χ0) is 14.7. The van der Waals surface area contributed by atoms with Crippen molar-refractivity contribution in [1.82, 2.24) is 10.3 Å². The van der Waals surface area contributed by atoms with E-state index in [9.17, 15) is 0 Å². The van der Waals surface area contributed by atoms with Gasteiger partial charge in [-0.1, -0.05) is 26.7 Å². The van der Waals surface area contributed by atoms with Gasteiger partial charge in [-0.2, -0.15) is 0 Å². The fourth-order valence-electron chi connectivity index (χ4n) is 3.81. The highest BCUT2D eigenvalue weighted by Crippen LogP contribution is 2.46. The highest BCUT2D eigenvalue weighted by molar-refractivity contribution is 7.15. The maximum Gasteiger partial charge on any atom is 0.185 e. The van der Waals surface area contributed by atoms with Crippen LogP contribution in [-0.4, -0.2) is 24.6 Å². The molecule has 0 unspecified atom stereocenters. The van der Waals surface area contributed by atoms with Crippen LogP contribution >= 0.6 is 11.3 Å². The molecule has 1 N–H and O–H groups in total. The Morgan fingerprint density at radius 3 is 2.62 bits per heavy atom. The molecule has 1 aliphatic heterocycles. The molecule has 1 aromatic heterocycles. The molecule has 21 heavy (non-hydrogen) atoms. The van der Waals surface area contributed by atoms with Gasteiger partial charge in [-0.15, -0.1) is 11.3 Å². The molecular weight excluding hydrogens is 278 g/mol. The first-order chi connectivity index (χ1) is 10.2. The van der Waals surface area contributed by atoms with Crippen molar-refractivity contribution in [2.45, 2.75) is 58.9 Å². The molecule has 2 aliphatic rings. The Bertz CT molecular complexity index is 439. The van der Waals surface area contributed by atoms with Crippen LogP contribution in [0.3, 0.4) is 0 Å². The van der Waals surface area contributed by atoms with Crippen LogP contribution < -0.4 is 10.2 Å². The van der Waals surface area contributed by atoms with E-state index in [2.05, 4.69) is 35.2 Å². The summed E-state index contributed by atoms with van der Waals surface area (Å²) < 4.78 is 0. The smallest absolute Gasteiger partial charge is 0.185 e. The Morgan fingerprint density at radius 2 is 1.95 bits per heavy atom. The van der Waals surface area contributed by atoms with Crippen LogP contribution in [0, 0.1) is 11.3 Å². The van der Waals surface area contributed by atoms with Gasteiger partial charge >= 0.3 is 0 Å². The van der Waals surface area contributed by atoms with Gasteiger partial charge in [0.05, 0.1) is 0 Å². The Morgan fingerprint density at radius 1 is 1.24 bits per heavy atom. The maximum absolute atomic E-state index is 4.66. The molecule has 0 bridgehead atoms. The zero-order valence-electron chi connectivity index (χ0n) is 13.5. The number of aromatic nitrogens is 1. The van der Waals surface area contributed by atoms with E-state index in [0.717, 1.165) is 13.1 Å². The molecule has 1 aliphatic carbocycles. The molecule has 4 heteroatoms. The summed E-state index contributed by atoms with van der Waals surface area (Å²) in [5.41, 5.74) is 0.704. The van der Waals surface area contributed by atoms with Crippen molar-refractivity contribution >= 4 is 16.5 Å². The second kappa shape index (κ2) is 6.66. The third-order valence-corrected chi connectivity index (χ3v) is 6.21. The van der Waals surface area contributed by atoms with Crippen LogP contribution in [0.2, 0.25) is 0 Å². The van der Waals surface area contributed by atoms with Gasteiger partial charge in [0.1, 0.15) is 0 Å². The summed E-state index contributed by atoms with van der Waals surface area (Å²) in [6.45, 7) is 8.97. The molecule has 3 nitrogen and oxygen atoms in total. The number of piperidine rings is 1. The summed E-state index contributed by atoms with van der Waals surface area (Å²) in [7, 11) is 0. The summed E-state index contributed by atoms with van der Waals surface area (Å²) in [4.78, 5) is 8.54. The summed E-state index contributed by atoms with van der Waals surface area (Å²) in [5, 5.41) is 4.75. The predicted octanol–water partition coefficient (Wildman–Crippen LogP) is 4.05. The summed E-state index contributed by atoms with van der Waals surface area (Å²) in [6, 6.07) is 0. The fraction of sp³-hybridized carbons (Fsp3) is 0.824. The minimum absolute atomic E-state index is 0.704. The highest BCUT2D eigenvalue weighted by atomic mass is 32.1. The van der Waals surface area contributed by atoms with Crippen LogP contribution in [0.25, 0.3) is 0 Å². The zero-order valence-corrected chi connectivity index (χ0v) is 14.3. The van der Waals surface area contributed by atoms with E-state index in [1.807, 2.05) is 11.3 Å². The van der Waals surface area contributed by atoms with Crippen LogP contribution in [0.15, 0.2) is 6.20 Å². The number of nitrogens with one attached hydrogen (secondary N) is 1. The van der Waals surface area contributed by atoms with Crippen molar-refractivity contribution < 1.29 is 0 Å². The van der Waals surface area contributed by atoms with Gasteiger partial charge in [-0.25, -0.2) is 4.98 Å². The molecule has 0 aromatic carbocycles. The molecule has 1 aromatic rings. The van der Waals surface area contributed by atoms with Gasteiger partial charge < -0.3 is 10.2 Å². The van der Waals surface area contributed by atoms with Gasteiger partial charge in [-0.05, 0) is 43.6 Å². The number of hydrogen-bond acceptors (Lipinski definition) is 4. The van der Waals surface area contributed by atoms with E-state index in [-0.39, 0.29) is 0 Å². The number of rotatable bonds is 5. The Labute approximate surface area is 133 Å². The minimum Gasteiger partial charge on any atom is -0.348 e. The molecule has 0 radical (unpaired) electrons. The van der Waals surface area contributed by atoms with Gasteiger partial charge in [0.25, 0.3) is 0 Å². The third kappa shape index (κ3) is 3.78. The van der Waals surface area contributed by atoms with E-state index in [1.165, 1.54) is 61.6 Å². The van der Waals surface area contributed by atoms with E-state index >= 15 is 0 Å². The van der Waals surface area contributed by atoms with E-state index in [4.69, 9.17) is 0 Å². The van der Waals surface area contributed by atoms with Gasteiger partial charge in [-0.3, -0.25) is 0 Å². The van der Waals surface area contributed by atoms with Crippen molar-refractivity contribution in [2.75, 3.05) is 24.5 Å². The Kier molecular flexibility index (Phi) is 4.85. The Hall–Kier alpha value is -0.610. The minimum atomic E-state index is 0.704. The van der Waals surface area contributed by atoms with Crippen molar-refractivity contribution in [3.05, 3.63) is 11.1 Å². The number of anilines is 1. The SMILES string of the molecule is CC(C)CNCc1cnc(N2CCC3(CCCC3)CC2)s1. The molecule has 1 saturated heterocycles. The number of hydrogen-bond donors (Lipinski definition) is 1. The fourth-order valence-corrected chi connectivity index (χ4v) is 4.74. The van der Waals surface area contributed by atoms with Crippen LogP contribution in [0.5, 0.6) is 0 Å². The maximum atomic E-state index is 4.66. The molecule has 1 saturated carbocycles. The normalized spacial score (nSPS) is 21.6. The van der Waals surface area contributed by atoms with Crippen molar-refractivity contribution in [3.8, 4) is 0 Å². The lowest BCUT2D eigenvalue weighted by molar-refractivity contribution is 0.226. The topological polar surface area (TPSA) is 28.2 Å². The number of nitrogens with zero attached hydrogens (tertiary/aromatic N) is 2. The molecule has 0 atom stereocenters. The molecule has 2 fully saturated rings. The van der Waals surface area contributed by atoms with E-state index in [0.29, 0.717) is 11.3 Å². The lowest BCUT2D eigenvalue weighted by Crippen LogP contribution is -2.38. The summed E-state index contributed by atoms with van der Waals surface area (Å²) in [6.07, 6.45) is 10.7. The van der Waals surface area contributed by atoms with Crippen molar-refractivity contribution in [1.29, 1.82) is 0 Å². The second-order valence-corrected chi connectivity index (χ2v) is 8.42. The molecule has 0 amide bonds. The first kappa shape index (κ1) is 15.3. The monoisotopic (exact) mass is 307 g/mol. The number of thiazole rings is 1. The summed E-state index contributed by atoms with van der Waals surface area (Å²) >= 11 is 1.87. The van der Waals surface area contributed by atoms with Crippen LogP contribution in [0.4, 0.5) is 5.13 Å². The second-order valence-electron chi connectivity index (χ2n) is 7.33.